The van der Waals surface area contributed by atoms with Gasteiger partial charge in [0.05, 0.1) is 11.9 Å². The molecule has 1 fully saturated rings. The Balaban J connectivity index is 1.74. The Kier molecular flexibility index (Phi) is 11.1. The minimum absolute atomic E-state index is 0.0979. The number of benzene rings is 2. The molecule has 2 aromatic carbocycles. The van der Waals surface area contributed by atoms with E-state index in [1.807, 2.05) is 24.3 Å². The molecular weight excluding hydrogens is 590 g/mol. The third kappa shape index (κ3) is 8.45. The maximum atomic E-state index is 13.5. The third-order valence-electron chi connectivity index (χ3n) is 7.02. The van der Waals surface area contributed by atoms with Crippen molar-refractivity contribution in [3.63, 3.8) is 0 Å². The van der Waals surface area contributed by atoms with Crippen molar-refractivity contribution in [3.8, 4) is 0 Å². The van der Waals surface area contributed by atoms with E-state index in [1.54, 1.807) is 36.9 Å². The monoisotopic (exact) mass is 625 g/mol. The molecular formula is C28H37BrClN3O4S. The number of hydrogen-bond acceptors (Lipinski definition) is 4. The van der Waals surface area contributed by atoms with Crippen molar-refractivity contribution in [2.24, 2.45) is 0 Å². The van der Waals surface area contributed by atoms with Crippen LogP contribution in [0.1, 0.15) is 63.0 Å². The number of rotatable bonds is 11. The molecule has 0 aromatic heterocycles. The summed E-state index contributed by atoms with van der Waals surface area (Å²) in [4.78, 5) is 28.3. The second-order valence-electron chi connectivity index (χ2n) is 9.99. The van der Waals surface area contributed by atoms with Gasteiger partial charge in [0.15, 0.2) is 0 Å². The highest BCUT2D eigenvalue weighted by molar-refractivity contribution is 9.10. The predicted molar refractivity (Wildman–Crippen MR) is 157 cm³/mol. The number of nitrogens with one attached hydrogen (secondary N) is 1. The lowest BCUT2D eigenvalue weighted by Gasteiger charge is -2.31. The Labute approximate surface area is 240 Å². The number of anilines is 1. The standard InChI is InChI=1S/C28H37BrClN3O4S/c1-20-25(30)14-8-15-26(20)33(38(3,36)37)17-9-16-27(34)32(19-22-10-7-11-23(29)18-22)21(2)28(35)31-24-12-5-4-6-13-24/h7-8,10-11,14-15,18,21,24H,4-6,9,12-13,16-17,19H2,1-3H3,(H,31,35)/t21-/m0/s1. The molecule has 0 heterocycles. The molecule has 7 nitrogen and oxygen atoms in total. The molecule has 2 amide bonds. The van der Waals surface area contributed by atoms with E-state index in [4.69, 9.17) is 11.6 Å². The van der Waals surface area contributed by atoms with E-state index in [9.17, 15) is 18.0 Å². The van der Waals surface area contributed by atoms with E-state index in [-0.39, 0.29) is 37.4 Å². The molecule has 1 N–H and O–H groups in total. The van der Waals surface area contributed by atoms with Gasteiger partial charge in [-0.3, -0.25) is 13.9 Å². The zero-order valence-corrected chi connectivity index (χ0v) is 25.4. The van der Waals surface area contributed by atoms with Crippen LogP contribution in [0.3, 0.4) is 0 Å². The minimum Gasteiger partial charge on any atom is -0.352 e. The topological polar surface area (TPSA) is 86.8 Å². The molecule has 208 valence electrons. The van der Waals surface area contributed by atoms with Crippen LogP contribution in [-0.2, 0) is 26.2 Å². The predicted octanol–water partition coefficient (Wildman–Crippen LogP) is 5.82. The fourth-order valence-corrected chi connectivity index (χ4v) is 6.46. The second-order valence-corrected chi connectivity index (χ2v) is 13.2. The van der Waals surface area contributed by atoms with Gasteiger partial charge in [-0.25, -0.2) is 8.42 Å². The lowest BCUT2D eigenvalue weighted by Crippen LogP contribution is -2.50. The Morgan fingerprint density at radius 3 is 2.47 bits per heavy atom. The summed E-state index contributed by atoms with van der Waals surface area (Å²) in [5, 5.41) is 3.61. The average Bonchev–Trinajstić information content (AvgIpc) is 2.86. The number of carbonyl (C=O) groups is 2. The van der Waals surface area contributed by atoms with Crippen LogP contribution in [0, 0.1) is 6.92 Å². The smallest absolute Gasteiger partial charge is 0.242 e. The van der Waals surface area contributed by atoms with Gasteiger partial charge in [-0.2, -0.15) is 0 Å². The first-order chi connectivity index (χ1) is 18.0. The summed E-state index contributed by atoms with van der Waals surface area (Å²) in [5.74, 6) is -0.361. The largest absolute Gasteiger partial charge is 0.352 e. The number of amides is 2. The van der Waals surface area contributed by atoms with Crippen molar-refractivity contribution in [3.05, 3.63) is 63.1 Å². The Morgan fingerprint density at radius 1 is 1.13 bits per heavy atom. The molecule has 1 atom stereocenters. The van der Waals surface area contributed by atoms with Crippen LogP contribution in [0.25, 0.3) is 0 Å². The van der Waals surface area contributed by atoms with Gasteiger partial charge in [0.1, 0.15) is 6.04 Å². The minimum atomic E-state index is -3.59. The molecule has 1 saturated carbocycles. The van der Waals surface area contributed by atoms with Crippen LogP contribution in [0.15, 0.2) is 46.9 Å². The van der Waals surface area contributed by atoms with Crippen molar-refractivity contribution in [1.82, 2.24) is 10.2 Å². The summed E-state index contributed by atoms with van der Waals surface area (Å²) >= 11 is 9.71. The van der Waals surface area contributed by atoms with Gasteiger partial charge in [0.2, 0.25) is 21.8 Å². The lowest BCUT2D eigenvalue weighted by atomic mass is 9.95. The fraction of sp³-hybridized carbons (Fsp3) is 0.500. The van der Waals surface area contributed by atoms with Crippen LogP contribution in [0.2, 0.25) is 5.02 Å². The van der Waals surface area contributed by atoms with Crippen molar-refractivity contribution in [1.29, 1.82) is 0 Å². The Hall–Kier alpha value is -2.10. The Bertz CT molecular complexity index is 1230. The van der Waals surface area contributed by atoms with E-state index in [0.29, 0.717) is 22.7 Å². The molecule has 1 aliphatic carbocycles. The molecule has 0 spiro atoms. The number of hydrogen-bond donors (Lipinski definition) is 1. The first-order valence-corrected chi connectivity index (χ1v) is 16.1. The van der Waals surface area contributed by atoms with Gasteiger partial charge in [-0.1, -0.05) is 65.0 Å². The van der Waals surface area contributed by atoms with Crippen molar-refractivity contribution >= 4 is 55.1 Å². The molecule has 1 aliphatic rings. The van der Waals surface area contributed by atoms with Gasteiger partial charge in [0, 0.05) is 35.0 Å². The van der Waals surface area contributed by atoms with E-state index >= 15 is 0 Å². The van der Waals surface area contributed by atoms with Crippen LogP contribution in [0.4, 0.5) is 5.69 Å². The molecule has 2 aromatic rings. The van der Waals surface area contributed by atoms with Crippen LogP contribution in [-0.4, -0.2) is 50.0 Å². The van der Waals surface area contributed by atoms with Crippen molar-refractivity contribution in [2.45, 2.75) is 77.4 Å². The quantitative estimate of drug-likeness (QED) is 0.340. The van der Waals surface area contributed by atoms with E-state index in [0.717, 1.165) is 42.0 Å². The van der Waals surface area contributed by atoms with Gasteiger partial charge < -0.3 is 10.2 Å². The highest BCUT2D eigenvalue weighted by Gasteiger charge is 2.28. The number of halogens is 2. The molecule has 0 radical (unpaired) electrons. The van der Waals surface area contributed by atoms with Gasteiger partial charge in [-0.05, 0) is 68.5 Å². The van der Waals surface area contributed by atoms with E-state index < -0.39 is 16.1 Å². The number of sulfonamides is 1. The lowest BCUT2D eigenvalue weighted by molar-refractivity contribution is -0.141. The SMILES string of the molecule is Cc1c(Cl)cccc1N(CCCC(=O)N(Cc1cccc(Br)c1)[C@@H](C)C(=O)NC1CCCCC1)S(C)(=O)=O. The molecule has 10 heteroatoms. The summed E-state index contributed by atoms with van der Waals surface area (Å²) in [5.41, 5.74) is 2.06. The van der Waals surface area contributed by atoms with Gasteiger partial charge >= 0.3 is 0 Å². The zero-order valence-electron chi connectivity index (χ0n) is 22.3. The van der Waals surface area contributed by atoms with E-state index in [1.165, 1.54) is 10.7 Å². The summed E-state index contributed by atoms with van der Waals surface area (Å²) in [6.45, 7) is 3.93. The number of nitrogens with zero attached hydrogens (tertiary/aromatic N) is 2. The van der Waals surface area contributed by atoms with Crippen molar-refractivity contribution in [2.75, 3.05) is 17.1 Å². The summed E-state index contributed by atoms with van der Waals surface area (Å²) in [6, 6.07) is 12.3. The number of carbonyl (C=O) groups excluding carboxylic acids is 2. The van der Waals surface area contributed by atoms with Gasteiger partial charge in [0.25, 0.3) is 0 Å². The third-order valence-corrected chi connectivity index (χ3v) is 9.10. The molecule has 3 rings (SSSR count). The zero-order chi connectivity index (χ0) is 27.9. The van der Waals surface area contributed by atoms with Crippen LogP contribution >= 0.6 is 27.5 Å². The Morgan fingerprint density at radius 2 is 1.82 bits per heavy atom. The summed E-state index contributed by atoms with van der Waals surface area (Å²) in [7, 11) is -3.59. The summed E-state index contributed by atoms with van der Waals surface area (Å²) < 4.78 is 27.4. The van der Waals surface area contributed by atoms with Crippen molar-refractivity contribution < 1.29 is 18.0 Å². The van der Waals surface area contributed by atoms with Gasteiger partial charge in [-0.15, -0.1) is 0 Å². The highest BCUT2D eigenvalue weighted by Crippen LogP contribution is 2.28. The molecule has 0 bridgehead atoms. The fourth-order valence-electron chi connectivity index (χ4n) is 4.83. The maximum Gasteiger partial charge on any atom is 0.242 e. The maximum absolute atomic E-state index is 13.5. The summed E-state index contributed by atoms with van der Waals surface area (Å²) in [6.07, 6.45) is 6.85. The normalized spacial score (nSPS) is 15.1. The van der Waals surface area contributed by atoms with Crippen LogP contribution in [0.5, 0.6) is 0 Å². The molecule has 38 heavy (non-hydrogen) atoms. The first-order valence-electron chi connectivity index (χ1n) is 13.0. The van der Waals surface area contributed by atoms with E-state index in [2.05, 4.69) is 21.2 Å². The molecule has 0 unspecified atom stereocenters. The first kappa shape index (κ1) is 30.4. The molecule has 0 aliphatic heterocycles. The van der Waals surface area contributed by atoms with Crippen LogP contribution < -0.4 is 9.62 Å². The highest BCUT2D eigenvalue weighted by atomic mass is 79.9. The average molecular weight is 627 g/mol. The molecule has 0 saturated heterocycles. The second kappa shape index (κ2) is 13.8.